The zero-order valence-electron chi connectivity index (χ0n) is 18.4. The Kier molecular flexibility index (Phi) is 7.82. The van der Waals surface area contributed by atoms with Crippen LogP contribution >= 0.6 is 0 Å². The predicted octanol–water partition coefficient (Wildman–Crippen LogP) is 5.31. The first-order chi connectivity index (χ1) is 14.9. The van der Waals surface area contributed by atoms with Crippen LogP contribution in [0.1, 0.15) is 60.0 Å². The largest absolute Gasteiger partial charge is 0.326 e. The predicted molar refractivity (Wildman–Crippen MR) is 124 cm³/mol. The molecule has 0 saturated carbocycles. The number of Topliss-reactive ketones (excluding diaryl/α,β-unsaturated/α-hetero) is 1. The highest BCUT2D eigenvalue weighted by Gasteiger charge is 2.15. The van der Waals surface area contributed by atoms with Crippen molar-refractivity contribution in [1.29, 1.82) is 0 Å². The van der Waals surface area contributed by atoms with Crippen molar-refractivity contribution in [2.24, 2.45) is 0 Å². The van der Waals surface area contributed by atoms with Crippen LogP contribution in [0.2, 0.25) is 0 Å². The van der Waals surface area contributed by atoms with Gasteiger partial charge in [-0.25, -0.2) is 4.79 Å². The van der Waals surface area contributed by atoms with Gasteiger partial charge in [0, 0.05) is 42.9 Å². The fraction of sp³-hybridized carbons (Fsp3) is 0.400. The van der Waals surface area contributed by atoms with E-state index in [0.29, 0.717) is 16.9 Å². The Bertz CT molecular complexity index is 930. The molecule has 1 saturated heterocycles. The van der Waals surface area contributed by atoms with Gasteiger partial charge in [-0.2, -0.15) is 0 Å². The molecule has 0 radical (unpaired) electrons. The van der Waals surface area contributed by atoms with E-state index in [1.165, 1.54) is 12.8 Å². The fourth-order valence-corrected chi connectivity index (χ4v) is 3.62. The number of carbonyl (C=O) groups excluding carboxylic acids is 3. The number of urea groups is 1. The van der Waals surface area contributed by atoms with Gasteiger partial charge < -0.3 is 15.5 Å². The summed E-state index contributed by atoms with van der Waals surface area (Å²) in [6.07, 6.45) is 4.73. The van der Waals surface area contributed by atoms with Crippen LogP contribution in [-0.2, 0) is 4.79 Å². The number of carbonyl (C=O) groups is 3. The third-order valence-corrected chi connectivity index (χ3v) is 5.72. The number of nitrogens with one attached hydrogen (secondary N) is 2. The van der Waals surface area contributed by atoms with Crippen LogP contribution in [0.5, 0.6) is 0 Å². The molecule has 0 aliphatic carbocycles. The number of benzene rings is 2. The SMILES string of the molecule is Cc1ccc(C(=O)CCC(=O)Nc2ccc(NC(=O)N3CCCCCC3)cc2)cc1C. The first-order valence-electron chi connectivity index (χ1n) is 11.0. The molecule has 1 aliphatic heterocycles. The average molecular weight is 422 g/mol. The van der Waals surface area contributed by atoms with Gasteiger partial charge in [0.05, 0.1) is 0 Å². The highest BCUT2D eigenvalue weighted by atomic mass is 16.2. The molecule has 6 heteroatoms. The van der Waals surface area contributed by atoms with Crippen LogP contribution in [0.15, 0.2) is 42.5 Å². The van der Waals surface area contributed by atoms with Gasteiger partial charge in [0.15, 0.2) is 5.78 Å². The van der Waals surface area contributed by atoms with Crippen molar-refractivity contribution in [2.75, 3.05) is 23.7 Å². The number of amides is 3. The minimum Gasteiger partial charge on any atom is -0.326 e. The maximum Gasteiger partial charge on any atom is 0.321 e. The third-order valence-electron chi connectivity index (χ3n) is 5.72. The zero-order chi connectivity index (χ0) is 22.2. The number of rotatable bonds is 6. The molecule has 164 valence electrons. The summed E-state index contributed by atoms with van der Waals surface area (Å²) in [6, 6.07) is 12.6. The summed E-state index contributed by atoms with van der Waals surface area (Å²) in [5, 5.41) is 5.72. The molecular formula is C25H31N3O3. The van der Waals surface area contributed by atoms with Crippen LogP contribution in [0.25, 0.3) is 0 Å². The van der Waals surface area contributed by atoms with Gasteiger partial charge in [0.25, 0.3) is 0 Å². The molecule has 2 N–H and O–H groups in total. The van der Waals surface area contributed by atoms with E-state index in [4.69, 9.17) is 0 Å². The van der Waals surface area contributed by atoms with Crippen molar-refractivity contribution in [3.63, 3.8) is 0 Å². The van der Waals surface area contributed by atoms with E-state index in [1.807, 2.05) is 30.9 Å². The molecule has 1 heterocycles. The summed E-state index contributed by atoms with van der Waals surface area (Å²) in [5.74, 6) is -0.247. The van der Waals surface area contributed by atoms with Gasteiger partial charge in [-0.15, -0.1) is 0 Å². The molecule has 2 aromatic rings. The van der Waals surface area contributed by atoms with E-state index in [-0.39, 0.29) is 30.6 Å². The molecule has 0 aromatic heterocycles. The Hall–Kier alpha value is -3.15. The molecule has 1 fully saturated rings. The number of anilines is 2. The van der Waals surface area contributed by atoms with Crippen molar-refractivity contribution >= 4 is 29.1 Å². The lowest BCUT2D eigenvalue weighted by atomic mass is 10.0. The van der Waals surface area contributed by atoms with Crippen molar-refractivity contribution in [1.82, 2.24) is 4.90 Å². The Labute approximate surface area is 184 Å². The Morgan fingerprint density at radius 1 is 0.774 bits per heavy atom. The number of hydrogen-bond donors (Lipinski definition) is 2. The van der Waals surface area contributed by atoms with Crippen molar-refractivity contribution in [3.05, 3.63) is 59.2 Å². The second kappa shape index (κ2) is 10.8. The molecule has 3 rings (SSSR count). The van der Waals surface area contributed by atoms with Crippen molar-refractivity contribution < 1.29 is 14.4 Å². The minimum atomic E-state index is -0.210. The summed E-state index contributed by atoms with van der Waals surface area (Å²) in [7, 11) is 0. The van der Waals surface area contributed by atoms with Crippen LogP contribution in [0.3, 0.4) is 0 Å². The first-order valence-corrected chi connectivity index (χ1v) is 11.0. The molecule has 1 aliphatic rings. The third kappa shape index (κ3) is 6.67. The molecule has 6 nitrogen and oxygen atoms in total. The molecule has 0 bridgehead atoms. The van der Waals surface area contributed by atoms with Gasteiger partial charge in [-0.3, -0.25) is 9.59 Å². The summed E-state index contributed by atoms with van der Waals surface area (Å²) in [5.41, 5.74) is 4.17. The zero-order valence-corrected chi connectivity index (χ0v) is 18.4. The molecule has 3 amide bonds. The van der Waals surface area contributed by atoms with Crippen LogP contribution in [0, 0.1) is 13.8 Å². The van der Waals surface area contributed by atoms with Gasteiger partial charge in [0.2, 0.25) is 5.91 Å². The fourth-order valence-electron chi connectivity index (χ4n) is 3.62. The number of aryl methyl sites for hydroxylation is 2. The molecule has 31 heavy (non-hydrogen) atoms. The quantitative estimate of drug-likeness (QED) is 0.620. The van der Waals surface area contributed by atoms with Gasteiger partial charge >= 0.3 is 6.03 Å². The first kappa shape index (κ1) is 22.5. The van der Waals surface area contributed by atoms with Crippen LogP contribution in [-0.4, -0.2) is 35.7 Å². The molecule has 2 aromatic carbocycles. The van der Waals surface area contributed by atoms with Gasteiger partial charge in [0.1, 0.15) is 0 Å². The van der Waals surface area contributed by atoms with E-state index in [2.05, 4.69) is 10.6 Å². The van der Waals surface area contributed by atoms with E-state index in [0.717, 1.165) is 37.1 Å². The summed E-state index contributed by atoms with van der Waals surface area (Å²) < 4.78 is 0. The summed E-state index contributed by atoms with van der Waals surface area (Å²) in [4.78, 5) is 38.8. The Balaban J connectivity index is 1.46. The van der Waals surface area contributed by atoms with Crippen LogP contribution < -0.4 is 10.6 Å². The highest BCUT2D eigenvalue weighted by molar-refractivity contribution is 6.00. The highest BCUT2D eigenvalue weighted by Crippen LogP contribution is 2.17. The van der Waals surface area contributed by atoms with Crippen molar-refractivity contribution in [3.8, 4) is 0 Å². The summed E-state index contributed by atoms with van der Waals surface area (Å²) >= 11 is 0. The van der Waals surface area contributed by atoms with E-state index in [9.17, 15) is 14.4 Å². The molecule has 0 unspecified atom stereocenters. The lowest BCUT2D eigenvalue weighted by Crippen LogP contribution is -2.35. The number of hydrogen-bond acceptors (Lipinski definition) is 3. The number of likely N-dealkylation sites (tertiary alicyclic amines) is 1. The van der Waals surface area contributed by atoms with Crippen LogP contribution in [0.4, 0.5) is 16.2 Å². The monoisotopic (exact) mass is 421 g/mol. The lowest BCUT2D eigenvalue weighted by Gasteiger charge is -2.20. The van der Waals surface area contributed by atoms with Gasteiger partial charge in [-0.1, -0.05) is 25.0 Å². The maximum atomic E-state index is 12.4. The lowest BCUT2D eigenvalue weighted by molar-refractivity contribution is -0.116. The van der Waals surface area contributed by atoms with Gasteiger partial charge in [-0.05, 0) is 68.1 Å². The summed E-state index contributed by atoms with van der Waals surface area (Å²) in [6.45, 7) is 5.56. The Morgan fingerprint density at radius 2 is 1.39 bits per heavy atom. The number of ketones is 1. The average Bonchev–Trinajstić information content (AvgIpc) is 3.05. The number of nitrogens with zero attached hydrogens (tertiary/aromatic N) is 1. The molecular weight excluding hydrogens is 390 g/mol. The smallest absolute Gasteiger partial charge is 0.321 e. The van der Waals surface area contributed by atoms with E-state index < -0.39 is 0 Å². The second-order valence-corrected chi connectivity index (χ2v) is 8.18. The molecule has 0 atom stereocenters. The van der Waals surface area contributed by atoms with Crippen molar-refractivity contribution in [2.45, 2.75) is 52.4 Å². The second-order valence-electron chi connectivity index (χ2n) is 8.18. The topological polar surface area (TPSA) is 78.5 Å². The standard InChI is InChI=1S/C25H31N3O3/c1-18-7-8-20(17-19(18)2)23(29)13-14-24(30)26-21-9-11-22(12-10-21)27-25(31)28-15-5-3-4-6-16-28/h7-12,17H,3-6,13-16H2,1-2H3,(H,26,30)(H,27,31). The minimum absolute atomic E-state index is 0.0372. The molecule has 0 spiro atoms. The maximum absolute atomic E-state index is 12.4. The van der Waals surface area contributed by atoms with E-state index in [1.54, 1.807) is 30.3 Å². The Morgan fingerprint density at radius 3 is 2.00 bits per heavy atom. The normalized spacial score (nSPS) is 13.9. The van der Waals surface area contributed by atoms with E-state index >= 15 is 0 Å².